The molecule has 2 aliphatic rings. The molecule has 0 radical (unpaired) electrons. The second-order valence-electron chi connectivity index (χ2n) is 8.30. The van der Waals surface area contributed by atoms with E-state index in [0.717, 1.165) is 48.2 Å². The van der Waals surface area contributed by atoms with Gasteiger partial charge in [-0.1, -0.05) is 17.7 Å². The summed E-state index contributed by atoms with van der Waals surface area (Å²) in [4.78, 5) is 12.4. The Morgan fingerprint density at radius 1 is 1.00 bits per heavy atom. The molecule has 1 heterocycles. The SMILES string of the molecule is O=C(C=C1CCN(S(=O)(=O)c2ccc(OC(F)(F)F)cc2)CC1)NC1(c2ccc(F)cc2)CC1. The highest BCUT2D eigenvalue weighted by Gasteiger charge is 2.45. The molecular weight excluding hydrogens is 476 g/mol. The van der Waals surface area contributed by atoms with Crippen molar-refractivity contribution < 1.29 is 35.5 Å². The minimum Gasteiger partial charge on any atom is -0.406 e. The van der Waals surface area contributed by atoms with Crippen molar-refractivity contribution in [2.75, 3.05) is 13.1 Å². The van der Waals surface area contributed by atoms with Crippen LogP contribution < -0.4 is 10.1 Å². The largest absolute Gasteiger partial charge is 0.573 e. The molecule has 2 aromatic rings. The van der Waals surface area contributed by atoms with Crippen molar-refractivity contribution in [1.82, 2.24) is 9.62 Å². The van der Waals surface area contributed by atoms with Crippen LogP contribution in [0.2, 0.25) is 0 Å². The monoisotopic (exact) mass is 498 g/mol. The van der Waals surface area contributed by atoms with E-state index in [0.29, 0.717) is 12.8 Å². The number of halogens is 4. The van der Waals surface area contributed by atoms with Crippen LogP contribution in [0.25, 0.3) is 0 Å². The topological polar surface area (TPSA) is 75.7 Å². The highest BCUT2D eigenvalue weighted by atomic mass is 32.2. The van der Waals surface area contributed by atoms with E-state index in [1.54, 1.807) is 12.1 Å². The number of ether oxygens (including phenoxy) is 1. The van der Waals surface area contributed by atoms with Gasteiger partial charge in [-0.25, -0.2) is 12.8 Å². The van der Waals surface area contributed by atoms with E-state index >= 15 is 0 Å². The lowest BCUT2D eigenvalue weighted by molar-refractivity contribution is -0.274. The number of rotatable bonds is 6. The number of benzene rings is 2. The summed E-state index contributed by atoms with van der Waals surface area (Å²) in [7, 11) is -3.89. The van der Waals surface area contributed by atoms with Gasteiger partial charge < -0.3 is 10.1 Å². The Kier molecular flexibility index (Phi) is 6.43. The number of carbonyl (C=O) groups is 1. The molecule has 2 fully saturated rings. The first-order valence-electron chi connectivity index (χ1n) is 10.6. The molecule has 4 rings (SSSR count). The molecule has 0 spiro atoms. The molecule has 1 aliphatic carbocycles. The summed E-state index contributed by atoms with van der Waals surface area (Å²) in [5.41, 5.74) is 1.15. The van der Waals surface area contributed by atoms with Crippen molar-refractivity contribution in [2.24, 2.45) is 0 Å². The molecule has 0 atom stereocenters. The van der Waals surface area contributed by atoms with Crippen molar-refractivity contribution >= 4 is 15.9 Å². The first-order chi connectivity index (χ1) is 16.0. The second-order valence-corrected chi connectivity index (χ2v) is 10.2. The van der Waals surface area contributed by atoms with Crippen LogP contribution in [0.3, 0.4) is 0 Å². The lowest BCUT2D eigenvalue weighted by atomic mass is 10.0. The summed E-state index contributed by atoms with van der Waals surface area (Å²) in [5, 5.41) is 2.98. The predicted octanol–water partition coefficient (Wildman–Crippen LogP) is 4.24. The molecule has 0 aromatic heterocycles. The first-order valence-corrected chi connectivity index (χ1v) is 12.0. The molecule has 1 N–H and O–H groups in total. The van der Waals surface area contributed by atoms with Crippen molar-refractivity contribution in [1.29, 1.82) is 0 Å². The molecule has 182 valence electrons. The highest BCUT2D eigenvalue weighted by molar-refractivity contribution is 7.89. The number of nitrogens with one attached hydrogen (secondary N) is 1. The van der Waals surface area contributed by atoms with Crippen LogP contribution in [0.15, 0.2) is 65.1 Å². The van der Waals surface area contributed by atoms with Gasteiger partial charge in [0.1, 0.15) is 11.6 Å². The van der Waals surface area contributed by atoms with Gasteiger partial charge in [-0.05, 0) is 67.6 Å². The Balaban J connectivity index is 1.35. The van der Waals surface area contributed by atoms with Gasteiger partial charge in [0.05, 0.1) is 10.4 Å². The number of amides is 1. The quantitative estimate of drug-likeness (QED) is 0.478. The zero-order valence-corrected chi connectivity index (χ0v) is 18.8. The van der Waals surface area contributed by atoms with E-state index in [9.17, 15) is 30.8 Å². The number of hydrogen-bond acceptors (Lipinski definition) is 4. The molecule has 2 aromatic carbocycles. The summed E-state index contributed by atoms with van der Waals surface area (Å²) in [6.07, 6.45) is -1.16. The predicted molar refractivity (Wildman–Crippen MR) is 115 cm³/mol. The van der Waals surface area contributed by atoms with E-state index < -0.39 is 27.7 Å². The fourth-order valence-corrected chi connectivity index (χ4v) is 5.40. The third kappa shape index (κ3) is 5.58. The Morgan fingerprint density at radius 3 is 2.12 bits per heavy atom. The molecule has 11 heteroatoms. The average molecular weight is 498 g/mol. The number of carbonyl (C=O) groups excluding carboxylic acids is 1. The minimum absolute atomic E-state index is 0.137. The fourth-order valence-electron chi connectivity index (χ4n) is 3.96. The third-order valence-electron chi connectivity index (χ3n) is 5.90. The first kappa shape index (κ1) is 24.2. The summed E-state index contributed by atoms with van der Waals surface area (Å²) < 4.78 is 80.7. The summed E-state index contributed by atoms with van der Waals surface area (Å²) >= 11 is 0. The average Bonchev–Trinajstić information content (AvgIpc) is 3.54. The lowest BCUT2D eigenvalue weighted by Crippen LogP contribution is -2.37. The summed E-state index contributed by atoms with van der Waals surface area (Å²) in [6.45, 7) is 0.288. The standard InChI is InChI=1S/C23H22F4N2O4S/c24-18-3-1-17(2-4-18)22(11-12-22)28-21(30)15-16-9-13-29(14-10-16)34(31,32)20-7-5-19(6-8-20)33-23(25,26)27/h1-8,15H,9-14H2,(H,28,30). The molecule has 34 heavy (non-hydrogen) atoms. The second kappa shape index (κ2) is 9.03. The van der Waals surface area contributed by atoms with Gasteiger partial charge >= 0.3 is 6.36 Å². The van der Waals surface area contributed by atoms with Gasteiger partial charge in [-0.15, -0.1) is 13.2 Å². The van der Waals surface area contributed by atoms with Crippen molar-refractivity contribution in [3.8, 4) is 5.75 Å². The van der Waals surface area contributed by atoms with E-state index in [2.05, 4.69) is 10.1 Å². The zero-order chi connectivity index (χ0) is 24.6. The number of sulfonamides is 1. The Bertz CT molecular complexity index is 1180. The number of piperidine rings is 1. The minimum atomic E-state index is -4.86. The third-order valence-corrected chi connectivity index (χ3v) is 7.82. The normalized spacial score (nSPS) is 18.3. The molecule has 0 unspecified atom stereocenters. The molecule has 1 amide bonds. The van der Waals surface area contributed by atoms with Crippen LogP contribution in [-0.4, -0.2) is 38.1 Å². The van der Waals surface area contributed by atoms with E-state index in [1.807, 2.05) is 0 Å². The van der Waals surface area contributed by atoms with Crippen LogP contribution >= 0.6 is 0 Å². The van der Waals surface area contributed by atoms with E-state index in [4.69, 9.17) is 0 Å². The smallest absolute Gasteiger partial charge is 0.406 e. The van der Waals surface area contributed by atoms with Crippen molar-refractivity contribution in [3.05, 3.63) is 71.6 Å². The van der Waals surface area contributed by atoms with Crippen LogP contribution in [0.1, 0.15) is 31.2 Å². The lowest BCUT2D eigenvalue weighted by Gasteiger charge is -2.28. The maximum absolute atomic E-state index is 13.2. The number of alkyl halides is 3. The Labute approximate surface area is 194 Å². The van der Waals surface area contributed by atoms with Crippen LogP contribution in [-0.2, 0) is 20.4 Å². The Hall–Kier alpha value is -2.92. The summed E-state index contributed by atoms with van der Waals surface area (Å²) in [6, 6.07) is 10.1. The number of nitrogens with zero attached hydrogens (tertiary/aromatic N) is 1. The van der Waals surface area contributed by atoms with E-state index in [-0.39, 0.29) is 29.7 Å². The molecular formula is C23H22F4N2O4S. The molecule has 1 aliphatic heterocycles. The van der Waals surface area contributed by atoms with Gasteiger partial charge in [0.15, 0.2) is 0 Å². The Morgan fingerprint density at radius 2 is 1.59 bits per heavy atom. The molecule has 1 saturated heterocycles. The van der Waals surface area contributed by atoms with Crippen LogP contribution in [0, 0.1) is 5.82 Å². The highest BCUT2D eigenvalue weighted by Crippen LogP contribution is 2.45. The fraction of sp³-hybridized carbons (Fsp3) is 0.348. The van der Waals surface area contributed by atoms with E-state index in [1.165, 1.54) is 22.5 Å². The van der Waals surface area contributed by atoms with Crippen molar-refractivity contribution in [3.63, 3.8) is 0 Å². The van der Waals surface area contributed by atoms with Gasteiger partial charge in [0.25, 0.3) is 0 Å². The van der Waals surface area contributed by atoms with Gasteiger partial charge in [0.2, 0.25) is 15.9 Å². The van der Waals surface area contributed by atoms with Crippen molar-refractivity contribution in [2.45, 2.75) is 42.5 Å². The number of hydrogen-bond donors (Lipinski definition) is 1. The molecule has 0 bridgehead atoms. The van der Waals surface area contributed by atoms with Gasteiger partial charge in [-0.3, -0.25) is 4.79 Å². The molecule has 6 nitrogen and oxygen atoms in total. The van der Waals surface area contributed by atoms with Gasteiger partial charge in [-0.2, -0.15) is 4.31 Å². The van der Waals surface area contributed by atoms with Crippen LogP contribution in [0.5, 0.6) is 5.75 Å². The van der Waals surface area contributed by atoms with Gasteiger partial charge in [0, 0.05) is 19.2 Å². The summed E-state index contributed by atoms with van der Waals surface area (Å²) in [5.74, 6) is -1.14. The zero-order valence-electron chi connectivity index (χ0n) is 17.9. The maximum Gasteiger partial charge on any atom is 0.573 e. The molecule has 1 saturated carbocycles. The maximum atomic E-state index is 13.2. The van der Waals surface area contributed by atoms with Crippen LogP contribution in [0.4, 0.5) is 17.6 Å².